The average Bonchev–Trinajstić information content (AvgIpc) is 3.61. The Morgan fingerprint density at radius 1 is 1.02 bits per heavy atom. The maximum absolute atomic E-state index is 13.8. The molecule has 0 bridgehead atoms. The minimum Gasteiger partial charge on any atom is -0.443 e. The van der Waals surface area contributed by atoms with Gasteiger partial charge in [0.2, 0.25) is 15.9 Å². The number of nitrogens with zero attached hydrogens (tertiary/aromatic N) is 1. The molecule has 2 aromatic carbocycles. The minimum atomic E-state index is -4.05. The van der Waals surface area contributed by atoms with E-state index in [1.165, 1.54) is 28.6 Å². The first kappa shape index (κ1) is 34.8. The number of nitrogens with one attached hydrogen (secondary N) is 3. The van der Waals surface area contributed by atoms with Crippen LogP contribution < -0.4 is 16.0 Å². The number of hydrogen-bond acceptors (Lipinski definition) is 9. The molecule has 2 fully saturated rings. The van der Waals surface area contributed by atoms with Crippen LogP contribution in [0.3, 0.4) is 0 Å². The van der Waals surface area contributed by atoms with Gasteiger partial charge in [-0.05, 0) is 48.6 Å². The molecule has 0 unspecified atom stereocenters. The number of sulfonamides is 1. The zero-order valence-corrected chi connectivity index (χ0v) is 27.2. The largest absolute Gasteiger partial charge is 0.443 e. The summed E-state index contributed by atoms with van der Waals surface area (Å²) in [6, 6.07) is 14.6. The summed E-state index contributed by atoms with van der Waals surface area (Å²) in [7, 11) is -4.05. The van der Waals surface area contributed by atoms with Crippen LogP contribution >= 0.6 is 0 Å². The first-order valence-electron chi connectivity index (χ1n) is 15.5. The van der Waals surface area contributed by atoms with Crippen LogP contribution in [0, 0.1) is 11.8 Å². The van der Waals surface area contributed by atoms with Gasteiger partial charge in [-0.2, -0.15) is 4.31 Å². The Balaban J connectivity index is 1.47. The van der Waals surface area contributed by atoms with Crippen LogP contribution in [0.25, 0.3) is 0 Å². The zero-order chi connectivity index (χ0) is 32.6. The predicted molar refractivity (Wildman–Crippen MR) is 169 cm³/mol. The number of fused-ring (bicyclic) bond motifs is 1. The van der Waals surface area contributed by atoms with Gasteiger partial charge in [-0.25, -0.2) is 13.2 Å². The third kappa shape index (κ3) is 9.96. The Hall–Kier alpha value is -3.07. The molecule has 5 atom stereocenters. The van der Waals surface area contributed by atoms with E-state index in [0.717, 1.165) is 12.0 Å². The molecule has 2 saturated heterocycles. The highest BCUT2D eigenvalue weighted by molar-refractivity contribution is 7.89. The summed E-state index contributed by atoms with van der Waals surface area (Å²) >= 11 is 0. The molecule has 2 aliphatic rings. The van der Waals surface area contributed by atoms with Crippen molar-refractivity contribution in [3.05, 3.63) is 60.2 Å². The van der Waals surface area contributed by atoms with E-state index in [1.54, 1.807) is 0 Å². The van der Waals surface area contributed by atoms with Crippen LogP contribution in [0.15, 0.2) is 59.5 Å². The Labute approximate surface area is 265 Å². The summed E-state index contributed by atoms with van der Waals surface area (Å²) in [5.41, 5.74) is 1.32. The molecule has 45 heavy (non-hydrogen) atoms. The van der Waals surface area contributed by atoms with Crippen molar-refractivity contribution in [1.82, 2.24) is 14.9 Å². The van der Waals surface area contributed by atoms with E-state index in [1.807, 2.05) is 58.0 Å². The molecule has 13 heteroatoms. The van der Waals surface area contributed by atoms with E-state index in [-0.39, 0.29) is 67.6 Å². The lowest BCUT2D eigenvalue weighted by Gasteiger charge is -2.31. The van der Waals surface area contributed by atoms with E-state index in [4.69, 9.17) is 14.2 Å². The Morgan fingerprint density at radius 3 is 2.40 bits per heavy atom. The number of benzene rings is 2. The van der Waals surface area contributed by atoms with Crippen LogP contribution in [0.5, 0.6) is 0 Å². The van der Waals surface area contributed by atoms with Gasteiger partial charge in [-0.1, -0.05) is 58.0 Å². The first-order chi connectivity index (χ1) is 21.4. The lowest BCUT2D eigenvalue weighted by atomic mass is 10.0. The molecule has 0 radical (unpaired) electrons. The molecule has 0 spiro atoms. The quantitative estimate of drug-likeness (QED) is 0.229. The molecule has 4 N–H and O–H groups in total. The van der Waals surface area contributed by atoms with Crippen LogP contribution in [-0.2, 0) is 35.4 Å². The maximum Gasteiger partial charge on any atom is 0.407 e. The van der Waals surface area contributed by atoms with Gasteiger partial charge in [-0.3, -0.25) is 4.79 Å². The molecule has 2 amide bonds. The Bertz CT molecular complexity index is 1360. The molecule has 0 aromatic heterocycles. The molecule has 2 aliphatic heterocycles. The van der Waals surface area contributed by atoms with Crippen molar-refractivity contribution in [2.75, 3.05) is 38.2 Å². The van der Waals surface area contributed by atoms with Crippen LogP contribution in [0.1, 0.15) is 39.7 Å². The maximum atomic E-state index is 13.8. The summed E-state index contributed by atoms with van der Waals surface area (Å²) in [6.45, 7) is 8.43. The lowest BCUT2D eigenvalue weighted by Crippen LogP contribution is -2.51. The Kier molecular flexibility index (Phi) is 12.3. The summed E-state index contributed by atoms with van der Waals surface area (Å²) in [5.74, 6) is -0.332. The Morgan fingerprint density at radius 2 is 1.73 bits per heavy atom. The van der Waals surface area contributed by atoms with Gasteiger partial charge in [0.15, 0.2) is 6.29 Å². The van der Waals surface area contributed by atoms with E-state index in [0.29, 0.717) is 12.3 Å². The highest BCUT2D eigenvalue weighted by Gasteiger charge is 2.44. The molecule has 248 valence electrons. The SMILES string of the molecule is CC(C)CN(C[C@@H](O)[C@H](Cc1ccccc1)NC(=O)O[C@H]1CO[C@H]2OCC[C@H]21)S(=O)(=O)c1ccc(NC(=O)CNC(C)C)cc1. The zero-order valence-electron chi connectivity index (χ0n) is 26.3. The third-order valence-electron chi connectivity index (χ3n) is 7.72. The van der Waals surface area contributed by atoms with Gasteiger partial charge < -0.3 is 35.3 Å². The number of rotatable bonds is 15. The van der Waals surface area contributed by atoms with Crippen molar-refractivity contribution < 1.29 is 37.3 Å². The van der Waals surface area contributed by atoms with Gasteiger partial charge in [0.25, 0.3) is 0 Å². The molecular weight excluding hydrogens is 600 g/mol. The number of amides is 2. The van der Waals surface area contributed by atoms with Crippen molar-refractivity contribution >= 4 is 27.7 Å². The van der Waals surface area contributed by atoms with Crippen molar-refractivity contribution in [2.45, 2.75) is 76.0 Å². The molecule has 0 saturated carbocycles. The molecule has 2 heterocycles. The number of alkyl carbamates (subject to hydrolysis) is 1. The lowest BCUT2D eigenvalue weighted by molar-refractivity contribution is -0.115. The van der Waals surface area contributed by atoms with Gasteiger partial charge in [0.05, 0.1) is 42.7 Å². The minimum absolute atomic E-state index is 0.0233. The second kappa shape index (κ2) is 16.0. The van der Waals surface area contributed by atoms with Crippen molar-refractivity contribution in [3.63, 3.8) is 0 Å². The van der Waals surface area contributed by atoms with Gasteiger partial charge in [0.1, 0.15) is 6.10 Å². The van der Waals surface area contributed by atoms with E-state index >= 15 is 0 Å². The molecular formula is C32H46N4O8S. The van der Waals surface area contributed by atoms with Gasteiger partial charge >= 0.3 is 6.09 Å². The number of carbonyl (C=O) groups excluding carboxylic acids is 2. The van der Waals surface area contributed by atoms with Crippen LogP contribution in [0.4, 0.5) is 10.5 Å². The van der Waals surface area contributed by atoms with E-state index < -0.39 is 34.4 Å². The summed E-state index contributed by atoms with van der Waals surface area (Å²) in [4.78, 5) is 25.3. The number of aliphatic hydroxyl groups excluding tert-OH is 1. The summed E-state index contributed by atoms with van der Waals surface area (Å²) < 4.78 is 45.7. The predicted octanol–water partition coefficient (Wildman–Crippen LogP) is 2.73. The molecule has 4 rings (SSSR count). The number of aliphatic hydroxyl groups is 1. The normalized spacial score (nSPS) is 21.1. The molecule has 0 aliphatic carbocycles. The van der Waals surface area contributed by atoms with Crippen LogP contribution in [0.2, 0.25) is 0 Å². The third-order valence-corrected chi connectivity index (χ3v) is 9.56. The fraction of sp³-hybridized carbons (Fsp3) is 0.562. The van der Waals surface area contributed by atoms with Crippen molar-refractivity contribution in [2.24, 2.45) is 11.8 Å². The summed E-state index contributed by atoms with van der Waals surface area (Å²) in [5, 5.41) is 20.1. The molecule has 2 aromatic rings. The number of carbonyl (C=O) groups is 2. The second-order valence-corrected chi connectivity index (χ2v) is 14.2. The fourth-order valence-corrected chi connectivity index (χ4v) is 7.02. The number of anilines is 1. The van der Waals surface area contributed by atoms with Gasteiger partial charge in [0, 0.05) is 24.8 Å². The number of ether oxygens (including phenoxy) is 3. The average molecular weight is 647 g/mol. The van der Waals surface area contributed by atoms with Crippen molar-refractivity contribution in [3.8, 4) is 0 Å². The van der Waals surface area contributed by atoms with Crippen molar-refractivity contribution in [1.29, 1.82) is 0 Å². The highest BCUT2D eigenvalue weighted by atomic mass is 32.2. The molecule has 12 nitrogen and oxygen atoms in total. The van der Waals surface area contributed by atoms with Crippen LogP contribution in [-0.4, -0.2) is 93.3 Å². The number of hydrogen-bond donors (Lipinski definition) is 4. The fourth-order valence-electron chi connectivity index (χ4n) is 5.40. The standard InChI is InChI=1S/C32H46N4O8S/c1-21(2)18-36(45(40,41)25-12-10-24(11-13-25)34-30(38)17-33-22(3)4)19-28(37)27(16-23-8-6-5-7-9-23)35-32(39)44-29-20-43-31-26(29)14-15-42-31/h5-13,21-22,26-29,31,33,37H,14-20H2,1-4H3,(H,34,38)(H,35,39)/t26-,27-,28+,29-,31+/m0/s1. The highest BCUT2D eigenvalue weighted by Crippen LogP contribution is 2.33. The topological polar surface area (TPSA) is 156 Å². The smallest absolute Gasteiger partial charge is 0.407 e. The van der Waals surface area contributed by atoms with E-state index in [2.05, 4.69) is 16.0 Å². The van der Waals surface area contributed by atoms with E-state index in [9.17, 15) is 23.1 Å². The first-order valence-corrected chi connectivity index (χ1v) is 16.9. The second-order valence-electron chi connectivity index (χ2n) is 12.3. The summed E-state index contributed by atoms with van der Waals surface area (Å²) in [6.07, 6.45) is -1.84. The monoisotopic (exact) mass is 646 g/mol. The van der Waals surface area contributed by atoms with Gasteiger partial charge in [-0.15, -0.1) is 0 Å².